The monoisotopic (exact) mass is 315 g/mol. The second-order valence-corrected chi connectivity index (χ2v) is 5.76. The molecule has 2 aromatic heterocycles. The standard InChI is InChI=1S/C15H13N3O3S/c1-9-4-2-3-5-10(9)16-12(19)8-18-14(20)13-11(6-7-22-13)17-15(18)21/h2-7H,8H2,1H3,(H,16,19)(H,17,21). The average Bonchev–Trinajstić information content (AvgIpc) is 2.94. The normalized spacial score (nSPS) is 10.8. The summed E-state index contributed by atoms with van der Waals surface area (Å²) in [5, 5.41) is 4.43. The number of nitrogens with zero attached hydrogens (tertiary/aromatic N) is 1. The van der Waals surface area contributed by atoms with E-state index in [4.69, 9.17) is 0 Å². The number of carbonyl (C=O) groups excluding carboxylic acids is 1. The lowest BCUT2D eigenvalue weighted by Crippen LogP contribution is -2.38. The van der Waals surface area contributed by atoms with Gasteiger partial charge < -0.3 is 10.3 Å². The number of carbonyl (C=O) groups is 1. The Bertz CT molecular complexity index is 968. The number of hydrogen-bond donors (Lipinski definition) is 2. The van der Waals surface area contributed by atoms with Crippen LogP contribution in [0.5, 0.6) is 0 Å². The lowest BCUT2D eigenvalue weighted by Gasteiger charge is -2.09. The van der Waals surface area contributed by atoms with Crippen molar-refractivity contribution in [2.45, 2.75) is 13.5 Å². The minimum Gasteiger partial charge on any atom is -0.324 e. The summed E-state index contributed by atoms with van der Waals surface area (Å²) in [6.07, 6.45) is 0. The Balaban J connectivity index is 1.90. The van der Waals surface area contributed by atoms with Crippen molar-refractivity contribution in [3.8, 4) is 0 Å². The Hall–Kier alpha value is -2.67. The number of aromatic nitrogens is 2. The van der Waals surface area contributed by atoms with Crippen LogP contribution in [0, 0.1) is 6.92 Å². The van der Waals surface area contributed by atoms with E-state index in [0.29, 0.717) is 15.9 Å². The van der Waals surface area contributed by atoms with E-state index in [1.165, 1.54) is 11.3 Å². The van der Waals surface area contributed by atoms with Gasteiger partial charge in [0.1, 0.15) is 11.2 Å². The van der Waals surface area contributed by atoms with Crippen LogP contribution in [0.15, 0.2) is 45.3 Å². The second kappa shape index (κ2) is 5.61. The molecule has 0 fully saturated rings. The number of hydrogen-bond acceptors (Lipinski definition) is 4. The molecule has 0 aliphatic heterocycles. The van der Waals surface area contributed by atoms with E-state index in [1.54, 1.807) is 23.6 Å². The zero-order valence-corrected chi connectivity index (χ0v) is 12.6. The van der Waals surface area contributed by atoms with Crippen molar-refractivity contribution < 1.29 is 4.79 Å². The fourth-order valence-corrected chi connectivity index (χ4v) is 2.96. The fraction of sp³-hybridized carbons (Fsp3) is 0.133. The first-order valence-corrected chi connectivity index (χ1v) is 7.50. The van der Waals surface area contributed by atoms with Crippen LogP contribution in [0.2, 0.25) is 0 Å². The zero-order chi connectivity index (χ0) is 15.7. The molecule has 0 aliphatic rings. The van der Waals surface area contributed by atoms with E-state index in [9.17, 15) is 14.4 Å². The number of nitrogens with one attached hydrogen (secondary N) is 2. The highest BCUT2D eigenvalue weighted by atomic mass is 32.1. The summed E-state index contributed by atoms with van der Waals surface area (Å²) < 4.78 is 1.34. The number of para-hydroxylation sites is 1. The Morgan fingerprint density at radius 1 is 1.27 bits per heavy atom. The topological polar surface area (TPSA) is 84.0 Å². The van der Waals surface area contributed by atoms with Gasteiger partial charge in [-0.3, -0.25) is 9.59 Å². The highest BCUT2D eigenvalue weighted by Gasteiger charge is 2.12. The lowest BCUT2D eigenvalue weighted by molar-refractivity contribution is -0.116. The van der Waals surface area contributed by atoms with Gasteiger partial charge in [-0.25, -0.2) is 9.36 Å². The minimum atomic E-state index is -0.587. The van der Waals surface area contributed by atoms with Crippen LogP contribution in [0.3, 0.4) is 0 Å². The molecular formula is C15H13N3O3S. The van der Waals surface area contributed by atoms with Crippen LogP contribution in [0.4, 0.5) is 5.69 Å². The quantitative estimate of drug-likeness (QED) is 0.771. The number of H-pyrrole nitrogens is 1. The van der Waals surface area contributed by atoms with E-state index >= 15 is 0 Å². The summed E-state index contributed by atoms with van der Waals surface area (Å²) in [4.78, 5) is 38.9. The number of thiophene rings is 1. The van der Waals surface area contributed by atoms with Gasteiger partial charge in [-0.05, 0) is 30.0 Å². The van der Waals surface area contributed by atoms with Crippen molar-refractivity contribution in [1.82, 2.24) is 9.55 Å². The summed E-state index contributed by atoms with van der Waals surface area (Å²) in [6.45, 7) is 1.54. The number of anilines is 1. The molecule has 22 heavy (non-hydrogen) atoms. The zero-order valence-electron chi connectivity index (χ0n) is 11.8. The summed E-state index contributed by atoms with van der Waals surface area (Å²) >= 11 is 1.24. The van der Waals surface area contributed by atoms with Crippen molar-refractivity contribution >= 4 is 33.1 Å². The number of benzene rings is 1. The molecule has 0 saturated heterocycles. The third-order valence-electron chi connectivity index (χ3n) is 3.31. The van der Waals surface area contributed by atoms with Gasteiger partial charge in [-0.15, -0.1) is 11.3 Å². The molecule has 6 nitrogen and oxygen atoms in total. The highest BCUT2D eigenvalue weighted by Crippen LogP contribution is 2.13. The van der Waals surface area contributed by atoms with Gasteiger partial charge in [0, 0.05) is 5.69 Å². The SMILES string of the molecule is Cc1ccccc1NC(=O)Cn1c(=O)[nH]c2ccsc2c1=O. The predicted molar refractivity (Wildman–Crippen MR) is 86.5 cm³/mol. The number of rotatable bonds is 3. The Morgan fingerprint density at radius 2 is 2.05 bits per heavy atom. The first-order chi connectivity index (χ1) is 10.6. The van der Waals surface area contributed by atoms with Gasteiger partial charge in [-0.2, -0.15) is 0 Å². The number of amides is 1. The molecule has 112 valence electrons. The fourth-order valence-electron chi connectivity index (χ4n) is 2.16. The molecule has 0 radical (unpaired) electrons. The molecule has 0 aliphatic carbocycles. The number of aromatic amines is 1. The Labute approximate surface area is 129 Å². The van der Waals surface area contributed by atoms with Gasteiger partial charge in [0.2, 0.25) is 5.91 Å². The Kier molecular flexibility index (Phi) is 3.64. The van der Waals surface area contributed by atoms with Crippen LogP contribution in [0.25, 0.3) is 10.2 Å². The van der Waals surface area contributed by atoms with Gasteiger partial charge in [0.15, 0.2) is 0 Å². The van der Waals surface area contributed by atoms with Crippen molar-refractivity contribution in [3.63, 3.8) is 0 Å². The molecule has 3 rings (SSSR count). The molecule has 0 unspecified atom stereocenters. The van der Waals surface area contributed by atoms with Crippen LogP contribution >= 0.6 is 11.3 Å². The molecule has 0 bridgehead atoms. The van der Waals surface area contributed by atoms with Crippen molar-refractivity contribution in [2.75, 3.05) is 5.32 Å². The van der Waals surface area contributed by atoms with Gasteiger partial charge in [0.25, 0.3) is 5.56 Å². The maximum absolute atomic E-state index is 12.2. The minimum absolute atomic E-state index is 0.323. The largest absolute Gasteiger partial charge is 0.329 e. The molecule has 2 heterocycles. The molecule has 1 amide bonds. The molecule has 3 aromatic rings. The number of aryl methyl sites for hydroxylation is 1. The smallest absolute Gasteiger partial charge is 0.324 e. The van der Waals surface area contributed by atoms with E-state index in [1.807, 2.05) is 19.1 Å². The first-order valence-electron chi connectivity index (χ1n) is 6.62. The second-order valence-electron chi connectivity index (χ2n) is 4.85. The number of fused-ring (bicyclic) bond motifs is 1. The summed E-state index contributed by atoms with van der Waals surface area (Å²) in [7, 11) is 0. The van der Waals surface area contributed by atoms with Crippen molar-refractivity contribution in [3.05, 3.63) is 62.1 Å². The molecule has 7 heteroatoms. The average molecular weight is 315 g/mol. The van der Waals surface area contributed by atoms with E-state index in [2.05, 4.69) is 10.3 Å². The van der Waals surface area contributed by atoms with Gasteiger partial charge >= 0.3 is 5.69 Å². The molecular weight excluding hydrogens is 302 g/mol. The van der Waals surface area contributed by atoms with E-state index < -0.39 is 17.2 Å². The Morgan fingerprint density at radius 3 is 2.82 bits per heavy atom. The van der Waals surface area contributed by atoms with E-state index in [-0.39, 0.29) is 6.54 Å². The highest BCUT2D eigenvalue weighted by molar-refractivity contribution is 7.17. The summed E-state index contributed by atoms with van der Waals surface area (Å²) in [6, 6.07) is 8.97. The van der Waals surface area contributed by atoms with Crippen molar-refractivity contribution in [2.24, 2.45) is 0 Å². The molecule has 0 saturated carbocycles. The summed E-state index contributed by atoms with van der Waals surface area (Å²) in [5.74, 6) is -0.419. The maximum atomic E-state index is 12.2. The van der Waals surface area contributed by atoms with Gasteiger partial charge in [0.05, 0.1) is 5.52 Å². The van der Waals surface area contributed by atoms with Gasteiger partial charge in [-0.1, -0.05) is 18.2 Å². The molecule has 0 atom stereocenters. The molecule has 1 aromatic carbocycles. The van der Waals surface area contributed by atoms with Crippen molar-refractivity contribution in [1.29, 1.82) is 0 Å². The molecule has 2 N–H and O–H groups in total. The van der Waals surface area contributed by atoms with Crippen LogP contribution in [0.1, 0.15) is 5.56 Å². The van der Waals surface area contributed by atoms with Crippen LogP contribution in [-0.2, 0) is 11.3 Å². The third-order valence-corrected chi connectivity index (χ3v) is 4.21. The lowest BCUT2D eigenvalue weighted by atomic mass is 10.2. The van der Waals surface area contributed by atoms with Crippen LogP contribution < -0.4 is 16.6 Å². The maximum Gasteiger partial charge on any atom is 0.329 e. The summed E-state index contributed by atoms with van der Waals surface area (Å²) in [5.41, 5.74) is 1.03. The third kappa shape index (κ3) is 2.58. The van der Waals surface area contributed by atoms with Crippen LogP contribution in [-0.4, -0.2) is 15.5 Å². The first kappa shape index (κ1) is 14.3. The molecule has 0 spiro atoms. The van der Waals surface area contributed by atoms with E-state index in [0.717, 1.165) is 10.1 Å². The predicted octanol–water partition coefficient (Wildman–Crippen LogP) is 1.70.